The SMILES string of the molecule is N#Cc1ccc(N2CC(CN)CC2=O)cc1F. The summed E-state index contributed by atoms with van der Waals surface area (Å²) in [6.45, 7) is 0.960. The van der Waals surface area contributed by atoms with Crippen molar-refractivity contribution in [2.45, 2.75) is 6.42 Å². The maximum absolute atomic E-state index is 13.4. The summed E-state index contributed by atoms with van der Waals surface area (Å²) in [6, 6.07) is 5.93. The number of nitrogens with zero attached hydrogens (tertiary/aromatic N) is 2. The quantitative estimate of drug-likeness (QED) is 0.828. The van der Waals surface area contributed by atoms with E-state index in [4.69, 9.17) is 11.0 Å². The van der Waals surface area contributed by atoms with Crippen LogP contribution in [0.1, 0.15) is 12.0 Å². The predicted octanol–water partition coefficient (Wildman–Crippen LogP) is 1.01. The van der Waals surface area contributed by atoms with Crippen LogP contribution in [0.5, 0.6) is 0 Å². The summed E-state index contributed by atoms with van der Waals surface area (Å²) < 4.78 is 13.4. The molecule has 0 aliphatic carbocycles. The van der Waals surface area contributed by atoms with Crippen molar-refractivity contribution in [1.82, 2.24) is 0 Å². The molecule has 1 atom stereocenters. The number of hydrogen-bond donors (Lipinski definition) is 1. The van der Waals surface area contributed by atoms with Gasteiger partial charge in [-0.1, -0.05) is 0 Å². The van der Waals surface area contributed by atoms with Gasteiger partial charge in [-0.05, 0) is 30.7 Å². The molecule has 2 N–H and O–H groups in total. The molecule has 88 valence electrons. The Hall–Kier alpha value is -1.93. The topological polar surface area (TPSA) is 70.1 Å². The van der Waals surface area contributed by atoms with Crippen LogP contribution in [-0.2, 0) is 4.79 Å². The number of rotatable bonds is 2. The van der Waals surface area contributed by atoms with Crippen LogP contribution >= 0.6 is 0 Å². The van der Waals surface area contributed by atoms with Crippen LogP contribution < -0.4 is 10.6 Å². The van der Waals surface area contributed by atoms with Crippen LogP contribution in [0.3, 0.4) is 0 Å². The van der Waals surface area contributed by atoms with E-state index in [2.05, 4.69) is 0 Å². The first-order valence-electron chi connectivity index (χ1n) is 5.35. The van der Waals surface area contributed by atoms with Gasteiger partial charge in [-0.25, -0.2) is 4.39 Å². The average Bonchev–Trinajstić information content (AvgIpc) is 2.70. The van der Waals surface area contributed by atoms with Crippen molar-refractivity contribution in [3.8, 4) is 6.07 Å². The molecule has 0 saturated carbocycles. The van der Waals surface area contributed by atoms with E-state index < -0.39 is 5.82 Å². The molecule has 1 aliphatic rings. The van der Waals surface area contributed by atoms with Crippen LogP contribution in [0.2, 0.25) is 0 Å². The summed E-state index contributed by atoms with van der Waals surface area (Å²) in [5, 5.41) is 8.62. The average molecular weight is 233 g/mol. The number of hydrogen-bond acceptors (Lipinski definition) is 3. The van der Waals surface area contributed by atoms with Crippen molar-refractivity contribution in [3.05, 3.63) is 29.6 Å². The zero-order chi connectivity index (χ0) is 12.4. The second kappa shape index (κ2) is 4.52. The van der Waals surface area contributed by atoms with Gasteiger partial charge >= 0.3 is 0 Å². The van der Waals surface area contributed by atoms with E-state index in [-0.39, 0.29) is 17.4 Å². The molecule has 1 heterocycles. The third-order valence-electron chi connectivity index (χ3n) is 2.92. The third-order valence-corrected chi connectivity index (χ3v) is 2.92. The first kappa shape index (κ1) is 11.6. The van der Waals surface area contributed by atoms with Gasteiger partial charge in [0.25, 0.3) is 0 Å². The van der Waals surface area contributed by atoms with Crippen molar-refractivity contribution >= 4 is 11.6 Å². The van der Waals surface area contributed by atoms with Crippen LogP contribution in [0, 0.1) is 23.1 Å². The molecular formula is C12H12FN3O. The predicted molar refractivity (Wildman–Crippen MR) is 60.6 cm³/mol. The molecule has 1 aliphatic heterocycles. The van der Waals surface area contributed by atoms with Gasteiger partial charge in [-0.15, -0.1) is 0 Å². The molecule has 0 aromatic heterocycles. The Morgan fingerprint density at radius 1 is 1.59 bits per heavy atom. The molecule has 1 amide bonds. The van der Waals surface area contributed by atoms with Crippen molar-refractivity contribution in [2.75, 3.05) is 18.0 Å². The minimum atomic E-state index is -0.603. The molecule has 17 heavy (non-hydrogen) atoms. The van der Waals surface area contributed by atoms with Crippen molar-refractivity contribution < 1.29 is 9.18 Å². The lowest BCUT2D eigenvalue weighted by molar-refractivity contribution is -0.117. The van der Waals surface area contributed by atoms with Crippen molar-refractivity contribution in [2.24, 2.45) is 11.7 Å². The molecule has 0 spiro atoms. The highest BCUT2D eigenvalue weighted by Gasteiger charge is 2.29. The van der Waals surface area contributed by atoms with Gasteiger partial charge in [0.1, 0.15) is 11.9 Å². The first-order valence-corrected chi connectivity index (χ1v) is 5.35. The maximum Gasteiger partial charge on any atom is 0.227 e. The number of nitrogens with two attached hydrogens (primary N) is 1. The minimum absolute atomic E-state index is 0.0178. The Bertz CT molecular complexity index is 495. The second-order valence-electron chi connectivity index (χ2n) is 4.09. The highest BCUT2D eigenvalue weighted by molar-refractivity contribution is 5.95. The normalized spacial score (nSPS) is 19.5. The van der Waals surface area contributed by atoms with E-state index in [1.54, 1.807) is 12.1 Å². The fraction of sp³-hybridized carbons (Fsp3) is 0.333. The molecule has 0 radical (unpaired) electrons. The highest BCUT2D eigenvalue weighted by Crippen LogP contribution is 2.25. The van der Waals surface area contributed by atoms with E-state index in [9.17, 15) is 9.18 Å². The lowest BCUT2D eigenvalue weighted by Crippen LogP contribution is -2.25. The lowest BCUT2D eigenvalue weighted by Gasteiger charge is -2.16. The van der Waals surface area contributed by atoms with E-state index in [0.717, 1.165) is 0 Å². The van der Waals surface area contributed by atoms with Gasteiger partial charge in [0.2, 0.25) is 5.91 Å². The van der Waals surface area contributed by atoms with Crippen molar-refractivity contribution in [1.29, 1.82) is 5.26 Å². The first-order chi connectivity index (χ1) is 8.15. The standard InChI is InChI=1S/C12H12FN3O/c13-11-4-10(2-1-9(11)6-15)16-7-8(5-14)3-12(16)17/h1-2,4,8H,3,5,7,14H2. The molecule has 1 saturated heterocycles. The van der Waals surface area contributed by atoms with Crippen molar-refractivity contribution in [3.63, 3.8) is 0 Å². The number of benzene rings is 1. The Morgan fingerprint density at radius 2 is 2.35 bits per heavy atom. The minimum Gasteiger partial charge on any atom is -0.330 e. The number of carbonyl (C=O) groups is 1. The summed E-state index contributed by atoms with van der Waals surface area (Å²) in [4.78, 5) is 13.2. The number of nitriles is 1. The van der Waals surface area contributed by atoms with Gasteiger partial charge in [0.15, 0.2) is 0 Å². The molecule has 1 aromatic rings. The van der Waals surface area contributed by atoms with E-state index in [1.807, 2.05) is 0 Å². The molecule has 1 fully saturated rings. The van der Waals surface area contributed by atoms with Crippen LogP contribution in [-0.4, -0.2) is 19.0 Å². The van der Waals surface area contributed by atoms with Crippen LogP contribution in [0.25, 0.3) is 0 Å². The highest BCUT2D eigenvalue weighted by atomic mass is 19.1. The number of halogens is 1. The Morgan fingerprint density at radius 3 is 2.88 bits per heavy atom. The summed E-state index contributed by atoms with van der Waals surface area (Å²) in [5.41, 5.74) is 5.99. The Labute approximate surface area is 98.4 Å². The third kappa shape index (κ3) is 2.12. The number of anilines is 1. The van der Waals surface area contributed by atoms with E-state index in [0.29, 0.717) is 25.2 Å². The van der Waals surface area contributed by atoms with Gasteiger partial charge in [-0.2, -0.15) is 5.26 Å². The Kier molecular flexibility index (Phi) is 3.07. The fourth-order valence-corrected chi connectivity index (χ4v) is 1.95. The summed E-state index contributed by atoms with van der Waals surface area (Å²) in [5.74, 6) is -0.528. The monoisotopic (exact) mass is 233 g/mol. The van der Waals surface area contributed by atoms with Gasteiger partial charge < -0.3 is 10.6 Å². The summed E-state index contributed by atoms with van der Waals surface area (Å²) in [6.07, 6.45) is 0.401. The molecule has 5 heteroatoms. The van der Waals surface area contributed by atoms with Crippen LogP contribution in [0.15, 0.2) is 18.2 Å². The van der Waals surface area contributed by atoms with Gasteiger partial charge in [0.05, 0.1) is 5.56 Å². The summed E-state index contributed by atoms with van der Waals surface area (Å²) >= 11 is 0. The molecule has 4 nitrogen and oxygen atoms in total. The Balaban J connectivity index is 2.27. The van der Waals surface area contributed by atoms with E-state index in [1.165, 1.54) is 17.0 Å². The van der Waals surface area contributed by atoms with Gasteiger partial charge in [-0.3, -0.25) is 4.79 Å². The smallest absolute Gasteiger partial charge is 0.227 e. The zero-order valence-electron chi connectivity index (χ0n) is 9.19. The zero-order valence-corrected chi connectivity index (χ0v) is 9.19. The molecular weight excluding hydrogens is 221 g/mol. The lowest BCUT2D eigenvalue weighted by atomic mass is 10.1. The van der Waals surface area contributed by atoms with Gasteiger partial charge in [0, 0.05) is 18.7 Å². The largest absolute Gasteiger partial charge is 0.330 e. The number of amides is 1. The fourth-order valence-electron chi connectivity index (χ4n) is 1.95. The maximum atomic E-state index is 13.4. The second-order valence-corrected chi connectivity index (χ2v) is 4.09. The summed E-state index contributed by atoms with van der Waals surface area (Å²) in [7, 11) is 0. The number of carbonyl (C=O) groups excluding carboxylic acids is 1. The molecule has 1 aromatic carbocycles. The molecule has 1 unspecified atom stereocenters. The molecule has 2 rings (SSSR count). The van der Waals surface area contributed by atoms with Crippen LogP contribution in [0.4, 0.5) is 10.1 Å². The van der Waals surface area contributed by atoms with E-state index >= 15 is 0 Å². The molecule has 0 bridgehead atoms.